The van der Waals surface area contributed by atoms with Gasteiger partial charge in [0.15, 0.2) is 4.80 Å². The van der Waals surface area contributed by atoms with Gasteiger partial charge in [0.1, 0.15) is 5.75 Å². The molecule has 4 rings (SSSR count). The van der Waals surface area contributed by atoms with Crippen molar-refractivity contribution in [2.45, 2.75) is 19.9 Å². The quantitative estimate of drug-likeness (QED) is 0.477. The normalized spacial score (nSPS) is 16.7. The van der Waals surface area contributed by atoms with Gasteiger partial charge in [-0.25, -0.2) is 4.99 Å². The van der Waals surface area contributed by atoms with E-state index in [0.717, 1.165) is 22.4 Å². The van der Waals surface area contributed by atoms with Crippen molar-refractivity contribution in [1.29, 1.82) is 0 Å². The summed E-state index contributed by atoms with van der Waals surface area (Å²) in [7, 11) is 0. The molecule has 0 fully saturated rings. The van der Waals surface area contributed by atoms with Crippen LogP contribution in [0.1, 0.15) is 31.0 Å². The number of hydrogen-bond acceptors (Lipinski definition) is 4. The number of hydrogen-bond donors (Lipinski definition) is 1. The van der Waals surface area contributed by atoms with Crippen LogP contribution < -0.4 is 14.9 Å². The Balaban J connectivity index is 1.93. The minimum absolute atomic E-state index is 0.0964. The lowest BCUT2D eigenvalue weighted by Gasteiger charge is -2.23. The molecule has 1 aliphatic heterocycles. The zero-order chi connectivity index (χ0) is 20.9. The fraction of sp³-hybridized carbons (Fsp3) is 0.143. The molecule has 29 heavy (non-hydrogen) atoms. The van der Waals surface area contributed by atoms with E-state index in [2.05, 4.69) is 36.9 Å². The molecule has 0 spiro atoms. The number of rotatable bonds is 2. The second kappa shape index (κ2) is 7.87. The average Bonchev–Trinajstić information content (AvgIpc) is 2.97. The number of thiazole rings is 1. The number of phenols is 1. The lowest BCUT2D eigenvalue weighted by atomic mass is 9.97. The van der Waals surface area contributed by atoms with Gasteiger partial charge in [0, 0.05) is 10.7 Å². The molecule has 1 aliphatic rings. The summed E-state index contributed by atoms with van der Waals surface area (Å²) in [5.74, 6) is 0.123. The third kappa shape index (κ3) is 3.77. The zero-order valence-corrected chi connectivity index (χ0v) is 20.2. The number of aromatic nitrogens is 1. The summed E-state index contributed by atoms with van der Waals surface area (Å²) < 4.78 is 3.43. The van der Waals surface area contributed by atoms with Crippen LogP contribution in [0.4, 0.5) is 0 Å². The van der Waals surface area contributed by atoms with E-state index in [1.165, 1.54) is 11.3 Å². The van der Waals surface area contributed by atoms with Crippen molar-refractivity contribution in [3.05, 3.63) is 92.5 Å². The first-order valence-corrected chi connectivity index (χ1v) is 11.5. The first kappa shape index (κ1) is 20.6. The molecular weight excluding hydrogens is 540 g/mol. The smallest absolute Gasteiger partial charge is 0.271 e. The Morgan fingerprint density at radius 2 is 1.79 bits per heavy atom. The molecule has 1 N–H and O–H groups in total. The lowest BCUT2D eigenvalue weighted by molar-refractivity contribution is 0.468. The summed E-state index contributed by atoms with van der Waals surface area (Å²) in [5.41, 5.74) is 3.63. The molecule has 1 aromatic heterocycles. The number of phenolic OH excluding ortho intramolecular Hbond substituents is 1. The Labute approximate surface area is 192 Å². The third-order valence-corrected chi connectivity index (χ3v) is 7.31. The number of benzene rings is 2. The minimum atomic E-state index is -0.219. The largest absolute Gasteiger partial charge is 0.506 e. The van der Waals surface area contributed by atoms with Gasteiger partial charge in [-0.2, -0.15) is 0 Å². The van der Waals surface area contributed by atoms with Crippen LogP contribution in [0.3, 0.4) is 0 Å². The highest BCUT2D eigenvalue weighted by atomic mass is 79.9. The van der Waals surface area contributed by atoms with E-state index in [1.54, 1.807) is 16.7 Å². The van der Waals surface area contributed by atoms with Crippen LogP contribution in [-0.4, -0.2) is 9.67 Å². The maximum atomic E-state index is 13.3. The molecular formula is C21H15Br2ClN2O2S. The van der Waals surface area contributed by atoms with Crippen LogP contribution in [0.5, 0.6) is 5.75 Å². The number of allylic oxidation sites excluding steroid dienone is 2. The van der Waals surface area contributed by atoms with Crippen LogP contribution in [-0.2, 0) is 0 Å². The second-order valence-electron chi connectivity index (χ2n) is 6.74. The standard InChI is InChI=1S/C21H15Br2ClN2O2S/c1-10-11(2)25-21-26(18(10)13-3-5-14(24)6-4-13)20(28)17(29-21)9-12-7-15(22)19(27)16(23)8-12/h3-9,18,27H,1-2H3/b17-9+. The van der Waals surface area contributed by atoms with Crippen molar-refractivity contribution in [3.63, 3.8) is 0 Å². The van der Waals surface area contributed by atoms with Gasteiger partial charge < -0.3 is 5.11 Å². The van der Waals surface area contributed by atoms with Gasteiger partial charge in [-0.05, 0) is 92.7 Å². The monoisotopic (exact) mass is 552 g/mol. The first-order chi connectivity index (χ1) is 13.8. The molecule has 8 heteroatoms. The van der Waals surface area contributed by atoms with E-state index in [9.17, 15) is 9.90 Å². The Bertz CT molecular complexity index is 1320. The zero-order valence-electron chi connectivity index (χ0n) is 15.4. The van der Waals surface area contributed by atoms with Crippen LogP contribution in [0.15, 0.2) is 66.4 Å². The SMILES string of the molecule is CC1=C(C)C(c2ccc(Cl)cc2)n2c(s/c(=C/c3cc(Br)c(O)c(Br)c3)c2=O)=N1. The molecule has 2 aromatic carbocycles. The molecule has 4 nitrogen and oxygen atoms in total. The van der Waals surface area contributed by atoms with E-state index in [0.29, 0.717) is 23.3 Å². The Morgan fingerprint density at radius 3 is 2.41 bits per heavy atom. The predicted octanol–water partition coefficient (Wildman–Crippen LogP) is 5.14. The third-order valence-electron chi connectivity index (χ3n) is 4.86. The molecule has 148 valence electrons. The molecule has 1 unspecified atom stereocenters. The highest BCUT2D eigenvalue weighted by molar-refractivity contribution is 9.11. The highest BCUT2D eigenvalue weighted by Gasteiger charge is 2.25. The first-order valence-electron chi connectivity index (χ1n) is 8.69. The number of aromatic hydroxyl groups is 1. The fourth-order valence-corrected chi connectivity index (χ4v) is 5.67. The molecule has 0 bridgehead atoms. The molecule has 2 heterocycles. The van der Waals surface area contributed by atoms with Gasteiger partial charge in [0.05, 0.1) is 19.5 Å². The molecule has 0 aliphatic carbocycles. The van der Waals surface area contributed by atoms with E-state index in [1.807, 2.05) is 44.2 Å². The summed E-state index contributed by atoms with van der Waals surface area (Å²) in [5, 5.41) is 10.6. The highest BCUT2D eigenvalue weighted by Crippen LogP contribution is 2.33. The Kier molecular flexibility index (Phi) is 5.59. The number of halogens is 3. The topological polar surface area (TPSA) is 54.6 Å². The lowest BCUT2D eigenvalue weighted by Crippen LogP contribution is -2.37. The summed E-state index contributed by atoms with van der Waals surface area (Å²) in [6.45, 7) is 3.96. The minimum Gasteiger partial charge on any atom is -0.506 e. The van der Waals surface area contributed by atoms with Gasteiger partial charge in [-0.1, -0.05) is 35.1 Å². The molecule has 0 saturated carbocycles. The summed E-state index contributed by atoms with van der Waals surface area (Å²) >= 11 is 14.1. The van der Waals surface area contributed by atoms with Crippen molar-refractivity contribution in [2.75, 3.05) is 0 Å². The maximum Gasteiger partial charge on any atom is 0.271 e. The molecule has 0 amide bonds. The predicted molar refractivity (Wildman–Crippen MR) is 124 cm³/mol. The molecule has 3 aromatic rings. The van der Waals surface area contributed by atoms with Crippen molar-refractivity contribution in [3.8, 4) is 5.75 Å². The van der Waals surface area contributed by atoms with Gasteiger partial charge in [0.2, 0.25) is 0 Å². The average molecular weight is 555 g/mol. The molecule has 1 atom stereocenters. The Hall–Kier alpha value is -1.67. The van der Waals surface area contributed by atoms with Crippen LogP contribution in [0.2, 0.25) is 5.02 Å². The fourth-order valence-electron chi connectivity index (χ4n) is 3.28. The van der Waals surface area contributed by atoms with Crippen molar-refractivity contribution >= 4 is 60.9 Å². The van der Waals surface area contributed by atoms with E-state index >= 15 is 0 Å². The number of nitrogens with zero attached hydrogens (tertiary/aromatic N) is 2. The summed E-state index contributed by atoms with van der Waals surface area (Å²) in [6, 6.07) is 10.9. The van der Waals surface area contributed by atoms with Gasteiger partial charge in [-0.15, -0.1) is 0 Å². The van der Waals surface area contributed by atoms with Crippen LogP contribution in [0.25, 0.3) is 6.08 Å². The summed E-state index contributed by atoms with van der Waals surface area (Å²) in [4.78, 5) is 18.6. The van der Waals surface area contributed by atoms with Crippen molar-refractivity contribution in [1.82, 2.24) is 4.57 Å². The van der Waals surface area contributed by atoms with Crippen LogP contribution >= 0.6 is 54.8 Å². The number of fused-ring (bicyclic) bond motifs is 1. The van der Waals surface area contributed by atoms with Gasteiger partial charge >= 0.3 is 0 Å². The van der Waals surface area contributed by atoms with E-state index < -0.39 is 0 Å². The Morgan fingerprint density at radius 1 is 1.17 bits per heavy atom. The summed E-state index contributed by atoms with van der Waals surface area (Å²) in [6.07, 6.45) is 1.81. The second-order valence-corrected chi connectivity index (χ2v) is 9.89. The maximum absolute atomic E-state index is 13.3. The van der Waals surface area contributed by atoms with Crippen molar-refractivity contribution < 1.29 is 5.11 Å². The molecule has 0 radical (unpaired) electrons. The van der Waals surface area contributed by atoms with Crippen molar-refractivity contribution in [2.24, 2.45) is 4.99 Å². The van der Waals surface area contributed by atoms with Crippen LogP contribution in [0, 0.1) is 0 Å². The molecule has 0 saturated heterocycles. The van der Waals surface area contributed by atoms with E-state index in [4.69, 9.17) is 11.6 Å². The van der Waals surface area contributed by atoms with Gasteiger partial charge in [0.25, 0.3) is 5.56 Å². The van der Waals surface area contributed by atoms with E-state index in [-0.39, 0.29) is 17.4 Å². The van der Waals surface area contributed by atoms with Gasteiger partial charge in [-0.3, -0.25) is 9.36 Å².